The smallest absolute Gasteiger partial charge is 0.276 e. The molecule has 0 unspecified atom stereocenters. The molecule has 3 heterocycles. The molecule has 0 bridgehead atoms. The maximum atomic E-state index is 12.5. The number of nitrogen functional groups attached to an aromatic ring is 1. The number of carbonyl (C=O) groups is 1. The number of aryl methyl sites for hydroxylation is 1. The highest BCUT2D eigenvalue weighted by molar-refractivity contribution is 5.97. The summed E-state index contributed by atoms with van der Waals surface area (Å²) >= 11 is 0. The number of anilines is 1. The molecule has 1 aromatic rings. The number of rotatable bonds is 2. The summed E-state index contributed by atoms with van der Waals surface area (Å²) in [6.45, 7) is 4.96. The third kappa shape index (κ3) is 2.27. The minimum Gasteiger partial charge on any atom is -0.396 e. The van der Waals surface area contributed by atoms with E-state index in [-0.39, 0.29) is 5.91 Å². The summed E-state index contributed by atoms with van der Waals surface area (Å²) in [5.74, 6) is -0.761. The number of nitrogens with zero attached hydrogens (tertiary/aromatic N) is 3. The highest BCUT2D eigenvalue weighted by Gasteiger charge is 2.42. The second-order valence-electron chi connectivity index (χ2n) is 5.23. The van der Waals surface area contributed by atoms with Gasteiger partial charge in [-0.1, -0.05) is 0 Å². The van der Waals surface area contributed by atoms with Gasteiger partial charge in [0, 0.05) is 25.7 Å². The van der Waals surface area contributed by atoms with Crippen LogP contribution in [0, 0.1) is 0 Å². The first-order valence-corrected chi connectivity index (χ1v) is 7.04. The molecule has 2 aliphatic rings. The van der Waals surface area contributed by atoms with Crippen LogP contribution in [0.1, 0.15) is 30.3 Å². The van der Waals surface area contributed by atoms with Crippen molar-refractivity contribution < 1.29 is 14.3 Å². The molecule has 2 N–H and O–H groups in total. The minimum atomic E-state index is -0.615. The summed E-state index contributed by atoms with van der Waals surface area (Å²) < 4.78 is 13.0. The van der Waals surface area contributed by atoms with E-state index in [1.54, 1.807) is 15.8 Å². The molecule has 0 saturated carbocycles. The van der Waals surface area contributed by atoms with E-state index in [1.165, 1.54) is 0 Å². The molecule has 1 spiro atoms. The lowest BCUT2D eigenvalue weighted by Crippen LogP contribution is -2.51. The Morgan fingerprint density at radius 2 is 2.25 bits per heavy atom. The van der Waals surface area contributed by atoms with Gasteiger partial charge in [0.25, 0.3) is 5.91 Å². The third-order valence-electron chi connectivity index (χ3n) is 3.83. The molecule has 0 aromatic carbocycles. The fourth-order valence-electron chi connectivity index (χ4n) is 2.81. The van der Waals surface area contributed by atoms with Gasteiger partial charge in [0.1, 0.15) is 0 Å². The molecule has 110 valence electrons. The molecule has 20 heavy (non-hydrogen) atoms. The topological polar surface area (TPSA) is 82.6 Å². The van der Waals surface area contributed by atoms with Crippen molar-refractivity contribution in [3.8, 4) is 0 Å². The second-order valence-corrected chi connectivity index (χ2v) is 5.23. The van der Waals surface area contributed by atoms with Crippen LogP contribution in [-0.4, -0.2) is 52.7 Å². The molecule has 3 rings (SSSR count). The molecule has 0 radical (unpaired) electrons. The summed E-state index contributed by atoms with van der Waals surface area (Å²) in [6, 6.07) is 0. The van der Waals surface area contributed by atoms with Gasteiger partial charge in [-0.2, -0.15) is 5.10 Å². The fraction of sp³-hybridized carbons (Fsp3) is 0.692. The molecule has 1 amide bonds. The van der Waals surface area contributed by atoms with Crippen LogP contribution in [0.15, 0.2) is 6.20 Å². The number of hydrogen-bond donors (Lipinski definition) is 1. The van der Waals surface area contributed by atoms with Gasteiger partial charge >= 0.3 is 0 Å². The molecule has 1 aromatic heterocycles. The van der Waals surface area contributed by atoms with Crippen molar-refractivity contribution in [2.24, 2.45) is 0 Å². The number of amides is 1. The van der Waals surface area contributed by atoms with Gasteiger partial charge in [-0.25, -0.2) is 0 Å². The highest BCUT2D eigenvalue weighted by atomic mass is 16.7. The van der Waals surface area contributed by atoms with Gasteiger partial charge in [0.15, 0.2) is 11.5 Å². The van der Waals surface area contributed by atoms with Crippen molar-refractivity contribution >= 4 is 11.6 Å². The molecule has 2 aliphatic heterocycles. The molecule has 7 heteroatoms. The number of piperidine rings is 1. The molecule has 2 saturated heterocycles. The summed E-state index contributed by atoms with van der Waals surface area (Å²) in [6.07, 6.45) is 3.38. The average molecular weight is 280 g/mol. The largest absolute Gasteiger partial charge is 0.396 e. The molecule has 0 atom stereocenters. The van der Waals surface area contributed by atoms with Crippen LogP contribution in [0.25, 0.3) is 0 Å². The number of carbonyl (C=O) groups excluding carboxylic acids is 1. The summed E-state index contributed by atoms with van der Waals surface area (Å²) in [4.78, 5) is 14.3. The van der Waals surface area contributed by atoms with Crippen LogP contribution in [0.5, 0.6) is 0 Å². The van der Waals surface area contributed by atoms with Crippen molar-refractivity contribution in [1.29, 1.82) is 0 Å². The second kappa shape index (κ2) is 5.06. The first-order valence-electron chi connectivity index (χ1n) is 7.04. The minimum absolute atomic E-state index is 0.145. The van der Waals surface area contributed by atoms with Crippen molar-refractivity contribution in [3.63, 3.8) is 0 Å². The van der Waals surface area contributed by atoms with E-state index in [9.17, 15) is 4.79 Å². The Kier molecular flexibility index (Phi) is 3.39. The molecule has 7 nitrogen and oxygen atoms in total. The van der Waals surface area contributed by atoms with Crippen molar-refractivity contribution in [2.45, 2.75) is 32.1 Å². The Balaban J connectivity index is 1.77. The first kappa shape index (κ1) is 13.4. The van der Waals surface area contributed by atoms with E-state index >= 15 is 0 Å². The summed E-state index contributed by atoms with van der Waals surface area (Å²) in [5.41, 5.74) is 6.62. The maximum Gasteiger partial charge on any atom is 0.276 e. The van der Waals surface area contributed by atoms with Crippen molar-refractivity contribution in [3.05, 3.63) is 11.9 Å². The number of aromatic nitrogens is 2. The van der Waals surface area contributed by atoms with Crippen LogP contribution in [0.4, 0.5) is 5.69 Å². The lowest BCUT2D eigenvalue weighted by atomic mass is 10.0. The van der Waals surface area contributed by atoms with E-state index < -0.39 is 5.79 Å². The number of hydrogen-bond acceptors (Lipinski definition) is 5. The summed E-state index contributed by atoms with van der Waals surface area (Å²) in [5, 5.41) is 4.24. The zero-order valence-electron chi connectivity index (χ0n) is 11.7. The highest BCUT2D eigenvalue weighted by Crippen LogP contribution is 2.31. The van der Waals surface area contributed by atoms with Gasteiger partial charge in [0.05, 0.1) is 25.4 Å². The van der Waals surface area contributed by atoms with E-state index in [4.69, 9.17) is 15.2 Å². The van der Waals surface area contributed by atoms with Gasteiger partial charge in [-0.05, 0) is 13.3 Å². The van der Waals surface area contributed by atoms with Gasteiger partial charge in [-0.3, -0.25) is 9.48 Å². The quantitative estimate of drug-likeness (QED) is 0.851. The van der Waals surface area contributed by atoms with E-state index in [0.717, 1.165) is 12.8 Å². The number of ether oxygens (including phenoxy) is 2. The predicted octanol–water partition coefficient (Wildman–Crippen LogP) is 0.464. The summed E-state index contributed by atoms with van der Waals surface area (Å²) in [7, 11) is 0. The fourth-order valence-corrected chi connectivity index (χ4v) is 2.81. The monoisotopic (exact) mass is 280 g/mol. The molecular weight excluding hydrogens is 260 g/mol. The molecule has 2 fully saturated rings. The lowest BCUT2D eigenvalue weighted by Gasteiger charge is -2.38. The van der Waals surface area contributed by atoms with Crippen LogP contribution in [-0.2, 0) is 16.0 Å². The van der Waals surface area contributed by atoms with Crippen molar-refractivity contribution in [2.75, 3.05) is 32.0 Å². The Hall–Kier alpha value is -1.60. The number of likely N-dealkylation sites (tertiary alicyclic amines) is 1. The third-order valence-corrected chi connectivity index (χ3v) is 3.83. The standard InChI is InChI=1S/C13H20N4O3/c1-2-17-8-10(14)11(15-17)12(18)16-5-3-4-13(9-16)19-6-7-20-13/h8H,2-7,9,14H2,1H3. The van der Waals surface area contributed by atoms with Gasteiger partial charge < -0.3 is 20.1 Å². The maximum absolute atomic E-state index is 12.5. The first-order chi connectivity index (χ1) is 9.63. The Labute approximate surface area is 117 Å². The zero-order valence-corrected chi connectivity index (χ0v) is 11.7. The number of nitrogens with two attached hydrogens (primary N) is 1. The van der Waals surface area contributed by atoms with Crippen molar-refractivity contribution in [1.82, 2.24) is 14.7 Å². The van der Waals surface area contributed by atoms with E-state index in [2.05, 4.69) is 5.10 Å². The van der Waals surface area contributed by atoms with E-state index in [1.807, 2.05) is 6.92 Å². The van der Waals surface area contributed by atoms with Crippen LogP contribution >= 0.6 is 0 Å². The average Bonchev–Trinajstić information content (AvgIpc) is 3.05. The Bertz CT molecular complexity index is 508. The zero-order chi connectivity index (χ0) is 14.2. The molecular formula is C13H20N4O3. The van der Waals surface area contributed by atoms with Crippen LogP contribution in [0.3, 0.4) is 0 Å². The normalized spacial score (nSPS) is 21.6. The van der Waals surface area contributed by atoms with E-state index in [0.29, 0.717) is 44.2 Å². The Morgan fingerprint density at radius 1 is 1.50 bits per heavy atom. The van der Waals surface area contributed by atoms with Crippen LogP contribution < -0.4 is 5.73 Å². The van der Waals surface area contributed by atoms with Gasteiger partial charge in [0.2, 0.25) is 0 Å². The molecule has 0 aliphatic carbocycles. The Morgan fingerprint density at radius 3 is 2.90 bits per heavy atom. The SMILES string of the molecule is CCn1cc(N)c(C(=O)N2CCCC3(C2)OCCO3)n1. The lowest BCUT2D eigenvalue weighted by molar-refractivity contribution is -0.183. The predicted molar refractivity (Wildman–Crippen MR) is 72.1 cm³/mol. The van der Waals surface area contributed by atoms with Crippen LogP contribution in [0.2, 0.25) is 0 Å². The van der Waals surface area contributed by atoms with Gasteiger partial charge in [-0.15, -0.1) is 0 Å².